The molecule has 0 spiro atoms. The lowest BCUT2D eigenvalue weighted by atomic mass is 10.1. The normalized spacial score (nSPS) is 11.3. The smallest absolute Gasteiger partial charge is 0.191 e. The predicted molar refractivity (Wildman–Crippen MR) is 74.5 cm³/mol. The molecule has 0 aliphatic heterocycles. The van der Waals surface area contributed by atoms with Gasteiger partial charge < -0.3 is 4.57 Å². The van der Waals surface area contributed by atoms with Gasteiger partial charge in [-0.15, -0.1) is 0 Å². The summed E-state index contributed by atoms with van der Waals surface area (Å²) in [6.07, 6.45) is 1.49. The van der Waals surface area contributed by atoms with Crippen molar-refractivity contribution in [2.75, 3.05) is 6.67 Å². The van der Waals surface area contributed by atoms with E-state index in [0.717, 1.165) is 0 Å². The van der Waals surface area contributed by atoms with E-state index < -0.39 is 12.5 Å². The highest BCUT2D eigenvalue weighted by molar-refractivity contribution is 6.31. The Morgan fingerprint density at radius 3 is 2.85 bits per heavy atom. The molecule has 3 rings (SSSR count). The van der Waals surface area contributed by atoms with E-state index in [1.807, 2.05) is 0 Å². The summed E-state index contributed by atoms with van der Waals surface area (Å²) in [5, 5.41) is 0.768. The Hall–Kier alpha value is -2.01. The van der Waals surface area contributed by atoms with E-state index >= 15 is 0 Å². The molecule has 0 amide bonds. The molecular formula is C14H9ClF2N2O. The van der Waals surface area contributed by atoms with E-state index in [9.17, 15) is 13.6 Å². The summed E-state index contributed by atoms with van der Waals surface area (Å²) in [6, 6.07) is 5.52. The number of hydrogen-bond acceptors (Lipinski definition) is 2. The molecule has 3 nitrogen and oxygen atoms in total. The van der Waals surface area contributed by atoms with Crippen molar-refractivity contribution in [3.63, 3.8) is 0 Å². The van der Waals surface area contributed by atoms with Gasteiger partial charge in [0.15, 0.2) is 5.43 Å². The number of halogens is 3. The Morgan fingerprint density at radius 1 is 1.30 bits per heavy atom. The number of fused-ring (bicyclic) bond motifs is 2. The second kappa shape index (κ2) is 4.83. The summed E-state index contributed by atoms with van der Waals surface area (Å²) >= 11 is 5.73. The first-order chi connectivity index (χ1) is 9.60. The van der Waals surface area contributed by atoms with Crippen LogP contribution in [0.2, 0.25) is 5.02 Å². The van der Waals surface area contributed by atoms with Crippen LogP contribution in [0.5, 0.6) is 0 Å². The predicted octanol–water partition coefficient (Wildman–Crippen LogP) is 3.31. The fourth-order valence-corrected chi connectivity index (χ4v) is 2.31. The van der Waals surface area contributed by atoms with Crippen LogP contribution >= 0.6 is 11.6 Å². The van der Waals surface area contributed by atoms with E-state index in [2.05, 4.69) is 4.98 Å². The second-order valence-corrected chi connectivity index (χ2v) is 4.79. The minimum Gasteiger partial charge on any atom is -0.330 e. The lowest BCUT2D eigenvalue weighted by molar-refractivity contribution is 0.449. The van der Waals surface area contributed by atoms with Gasteiger partial charge in [-0.1, -0.05) is 11.6 Å². The molecule has 1 aromatic carbocycles. The third kappa shape index (κ3) is 2.04. The van der Waals surface area contributed by atoms with Crippen LogP contribution in [0.1, 0.15) is 0 Å². The van der Waals surface area contributed by atoms with Gasteiger partial charge in [-0.3, -0.25) is 4.79 Å². The van der Waals surface area contributed by atoms with Crippen LogP contribution in [-0.2, 0) is 6.54 Å². The van der Waals surface area contributed by atoms with Crippen molar-refractivity contribution in [2.45, 2.75) is 6.54 Å². The molecule has 2 aromatic heterocycles. The van der Waals surface area contributed by atoms with E-state index in [0.29, 0.717) is 21.9 Å². The number of rotatable bonds is 2. The molecule has 0 bridgehead atoms. The number of aryl methyl sites for hydroxylation is 1. The van der Waals surface area contributed by atoms with Crippen molar-refractivity contribution in [2.24, 2.45) is 0 Å². The molecule has 0 radical (unpaired) electrons. The summed E-state index contributed by atoms with van der Waals surface area (Å²) in [7, 11) is 0. The van der Waals surface area contributed by atoms with Gasteiger partial charge in [-0.25, -0.2) is 13.8 Å². The van der Waals surface area contributed by atoms with Gasteiger partial charge in [-0.2, -0.15) is 0 Å². The van der Waals surface area contributed by atoms with Crippen molar-refractivity contribution in [1.82, 2.24) is 9.55 Å². The first-order valence-corrected chi connectivity index (χ1v) is 6.33. The molecule has 0 fully saturated rings. The lowest BCUT2D eigenvalue weighted by Gasteiger charge is -2.09. The Kier molecular flexibility index (Phi) is 3.14. The van der Waals surface area contributed by atoms with Crippen LogP contribution in [0, 0.1) is 5.82 Å². The zero-order valence-corrected chi connectivity index (χ0v) is 11.0. The van der Waals surface area contributed by atoms with Gasteiger partial charge in [0.1, 0.15) is 18.1 Å². The fraction of sp³-hybridized carbons (Fsp3) is 0.143. The van der Waals surface area contributed by atoms with Gasteiger partial charge in [0.25, 0.3) is 0 Å². The van der Waals surface area contributed by atoms with E-state index in [-0.39, 0.29) is 17.0 Å². The average Bonchev–Trinajstić information content (AvgIpc) is 2.42. The summed E-state index contributed by atoms with van der Waals surface area (Å²) < 4.78 is 27.5. The maximum Gasteiger partial charge on any atom is 0.191 e. The minimum atomic E-state index is -0.569. The Labute approximate surface area is 117 Å². The topological polar surface area (TPSA) is 34.9 Å². The van der Waals surface area contributed by atoms with Gasteiger partial charge in [0.05, 0.1) is 22.5 Å². The maximum atomic E-state index is 13.5. The van der Waals surface area contributed by atoms with Crippen molar-refractivity contribution in [1.29, 1.82) is 0 Å². The van der Waals surface area contributed by atoms with E-state index in [1.54, 1.807) is 10.6 Å². The SMILES string of the molecule is O=c1ccn(CCF)c2nc3cc(Cl)c(F)cc3cc12. The molecule has 0 atom stereocenters. The Balaban J connectivity index is 2.43. The summed E-state index contributed by atoms with van der Waals surface area (Å²) in [5.41, 5.74) is 0.590. The van der Waals surface area contributed by atoms with Crippen molar-refractivity contribution in [3.05, 3.63) is 51.5 Å². The molecule has 0 saturated heterocycles. The zero-order valence-electron chi connectivity index (χ0n) is 10.2. The standard InChI is InChI=1S/C14H9ClF2N2O/c15-10-7-12-8(6-11(10)17)5-9-13(20)1-3-19(4-2-16)14(9)18-12/h1,3,5-7H,2,4H2. The van der Waals surface area contributed by atoms with Crippen LogP contribution < -0.4 is 5.43 Å². The summed E-state index contributed by atoms with van der Waals surface area (Å²) in [4.78, 5) is 16.2. The third-order valence-electron chi connectivity index (χ3n) is 3.11. The monoisotopic (exact) mass is 294 g/mol. The minimum absolute atomic E-state index is 0.0420. The molecule has 0 N–H and O–H groups in total. The number of hydrogen-bond donors (Lipinski definition) is 0. The van der Waals surface area contributed by atoms with E-state index in [1.165, 1.54) is 24.4 Å². The molecule has 0 aliphatic carbocycles. The summed E-state index contributed by atoms with van der Waals surface area (Å²) in [6.45, 7) is -0.466. The van der Waals surface area contributed by atoms with Gasteiger partial charge in [0, 0.05) is 17.6 Å². The van der Waals surface area contributed by atoms with Crippen LogP contribution in [0.3, 0.4) is 0 Å². The quantitative estimate of drug-likeness (QED) is 0.680. The molecule has 20 heavy (non-hydrogen) atoms. The molecule has 0 unspecified atom stereocenters. The van der Waals surface area contributed by atoms with Gasteiger partial charge >= 0.3 is 0 Å². The fourth-order valence-electron chi connectivity index (χ4n) is 2.15. The molecule has 102 valence electrons. The first-order valence-electron chi connectivity index (χ1n) is 5.95. The Morgan fingerprint density at radius 2 is 2.10 bits per heavy atom. The maximum absolute atomic E-state index is 13.5. The molecular weight excluding hydrogens is 286 g/mol. The molecule has 2 heterocycles. The molecule has 3 aromatic rings. The number of pyridine rings is 2. The van der Waals surface area contributed by atoms with Gasteiger partial charge in [-0.05, 0) is 18.2 Å². The van der Waals surface area contributed by atoms with Crippen LogP contribution in [-0.4, -0.2) is 16.2 Å². The highest BCUT2D eigenvalue weighted by atomic mass is 35.5. The molecule has 0 aliphatic rings. The number of alkyl halides is 1. The van der Waals surface area contributed by atoms with Gasteiger partial charge in [0.2, 0.25) is 0 Å². The molecule has 6 heteroatoms. The van der Waals surface area contributed by atoms with Crippen molar-refractivity contribution < 1.29 is 8.78 Å². The average molecular weight is 295 g/mol. The highest BCUT2D eigenvalue weighted by Crippen LogP contribution is 2.23. The first kappa shape index (κ1) is 13.0. The number of nitrogens with zero attached hydrogens (tertiary/aromatic N) is 2. The van der Waals surface area contributed by atoms with Crippen LogP contribution in [0.15, 0.2) is 35.3 Å². The van der Waals surface area contributed by atoms with Crippen molar-refractivity contribution >= 4 is 33.5 Å². The van der Waals surface area contributed by atoms with Crippen LogP contribution in [0.4, 0.5) is 8.78 Å². The largest absolute Gasteiger partial charge is 0.330 e. The van der Waals surface area contributed by atoms with Crippen LogP contribution in [0.25, 0.3) is 21.9 Å². The summed E-state index contributed by atoms with van der Waals surface area (Å²) in [5.74, 6) is -0.569. The molecule has 0 saturated carbocycles. The number of aromatic nitrogens is 2. The highest BCUT2D eigenvalue weighted by Gasteiger charge is 2.09. The van der Waals surface area contributed by atoms with E-state index in [4.69, 9.17) is 11.6 Å². The van der Waals surface area contributed by atoms with Crippen molar-refractivity contribution in [3.8, 4) is 0 Å². The third-order valence-corrected chi connectivity index (χ3v) is 3.40. The second-order valence-electron chi connectivity index (χ2n) is 4.38. The Bertz CT molecular complexity index is 876. The number of benzene rings is 1. The lowest BCUT2D eigenvalue weighted by Crippen LogP contribution is -2.10. The zero-order chi connectivity index (χ0) is 14.3.